The van der Waals surface area contributed by atoms with Crippen LogP contribution in [0.2, 0.25) is 0 Å². The molecule has 0 spiro atoms. The Bertz CT molecular complexity index is 1170. The minimum atomic E-state index is 0. The zero-order valence-corrected chi connectivity index (χ0v) is 22.7. The second-order valence-corrected chi connectivity index (χ2v) is 7.36. The smallest absolute Gasteiger partial charge is 0.0886 e. The van der Waals surface area contributed by atoms with E-state index in [-0.39, 0.29) is 19.5 Å². The molecule has 190 valence electrons. The first-order valence-corrected chi connectivity index (χ1v) is 11.7. The number of nitrogens with zero attached hydrogens (tertiary/aromatic N) is 6. The molecule has 0 aliphatic carbocycles. The van der Waals surface area contributed by atoms with Crippen LogP contribution in [0.15, 0.2) is 153 Å². The standard InChI is InChI=1S/2C10H8N2.C6H7N.C5H5N.Ru/c2*1-3-7-11-9(5-1)10-6-2-4-8-12-10;1-6-4-2-3-5-7-6;1-2-4-6-5-3-1;/h2*1-8H;2-5H,1H3;1-5H;. The fraction of sp³-hybridized carbons (Fsp3) is 0.0323. The minimum absolute atomic E-state index is 0. The van der Waals surface area contributed by atoms with E-state index >= 15 is 0 Å². The molecule has 6 aromatic rings. The van der Waals surface area contributed by atoms with E-state index in [9.17, 15) is 0 Å². The first kappa shape index (κ1) is 29.8. The topological polar surface area (TPSA) is 77.3 Å². The molecule has 0 N–H and O–H groups in total. The van der Waals surface area contributed by atoms with Gasteiger partial charge in [0.2, 0.25) is 0 Å². The van der Waals surface area contributed by atoms with Gasteiger partial charge in [-0.2, -0.15) is 0 Å². The van der Waals surface area contributed by atoms with E-state index in [1.807, 2.05) is 116 Å². The van der Waals surface area contributed by atoms with Gasteiger partial charge in [-0.05, 0) is 79.7 Å². The predicted molar refractivity (Wildman–Crippen MR) is 148 cm³/mol. The fourth-order valence-corrected chi connectivity index (χ4v) is 2.82. The zero-order chi connectivity index (χ0) is 25.8. The van der Waals surface area contributed by atoms with Crippen LogP contribution in [0, 0.1) is 6.92 Å². The van der Waals surface area contributed by atoms with Gasteiger partial charge in [0.05, 0.1) is 22.8 Å². The Kier molecular flexibility index (Phi) is 14.7. The third-order valence-electron chi connectivity index (χ3n) is 4.56. The third kappa shape index (κ3) is 12.0. The van der Waals surface area contributed by atoms with E-state index in [1.165, 1.54) is 0 Å². The summed E-state index contributed by atoms with van der Waals surface area (Å²) < 4.78 is 0. The summed E-state index contributed by atoms with van der Waals surface area (Å²) in [6.07, 6.45) is 12.4. The van der Waals surface area contributed by atoms with Crippen molar-refractivity contribution in [2.24, 2.45) is 0 Å². The molecule has 6 heterocycles. The van der Waals surface area contributed by atoms with Gasteiger partial charge in [-0.15, -0.1) is 0 Å². The molecule has 0 unspecified atom stereocenters. The van der Waals surface area contributed by atoms with Gasteiger partial charge in [-0.25, -0.2) is 0 Å². The molecule has 38 heavy (non-hydrogen) atoms. The van der Waals surface area contributed by atoms with Crippen molar-refractivity contribution >= 4 is 0 Å². The van der Waals surface area contributed by atoms with Crippen LogP contribution in [-0.2, 0) is 19.5 Å². The summed E-state index contributed by atoms with van der Waals surface area (Å²) in [6.45, 7) is 1.97. The van der Waals surface area contributed by atoms with Crippen LogP contribution in [0.3, 0.4) is 0 Å². The third-order valence-corrected chi connectivity index (χ3v) is 4.56. The number of hydrogen-bond acceptors (Lipinski definition) is 6. The average Bonchev–Trinajstić information content (AvgIpc) is 3.01. The first-order valence-electron chi connectivity index (χ1n) is 11.7. The predicted octanol–water partition coefficient (Wildman–Crippen LogP) is 6.76. The van der Waals surface area contributed by atoms with Crippen molar-refractivity contribution in [1.29, 1.82) is 0 Å². The Balaban J connectivity index is 0.000000184. The van der Waals surface area contributed by atoms with E-state index in [0.717, 1.165) is 28.5 Å². The van der Waals surface area contributed by atoms with Crippen molar-refractivity contribution in [3.05, 3.63) is 158 Å². The zero-order valence-electron chi connectivity index (χ0n) is 21.0. The fourth-order valence-electron chi connectivity index (χ4n) is 2.82. The van der Waals surface area contributed by atoms with Crippen molar-refractivity contribution in [3.8, 4) is 22.8 Å². The van der Waals surface area contributed by atoms with Crippen molar-refractivity contribution in [1.82, 2.24) is 29.9 Å². The number of pyridine rings is 6. The monoisotopic (exact) mass is 586 g/mol. The van der Waals surface area contributed by atoms with Gasteiger partial charge in [-0.3, -0.25) is 29.9 Å². The van der Waals surface area contributed by atoms with Gasteiger partial charge in [0.1, 0.15) is 0 Å². The number of hydrogen-bond donors (Lipinski definition) is 0. The maximum atomic E-state index is 4.19. The minimum Gasteiger partial charge on any atom is -0.265 e. The van der Waals surface area contributed by atoms with Crippen LogP contribution in [-0.4, -0.2) is 29.9 Å². The van der Waals surface area contributed by atoms with E-state index in [0.29, 0.717) is 0 Å². The van der Waals surface area contributed by atoms with Gasteiger partial charge in [-0.1, -0.05) is 36.4 Å². The van der Waals surface area contributed by atoms with Crippen LogP contribution in [0.1, 0.15) is 5.69 Å². The largest absolute Gasteiger partial charge is 0.265 e. The molecular weight excluding hydrogens is 557 g/mol. The van der Waals surface area contributed by atoms with Crippen molar-refractivity contribution in [2.75, 3.05) is 0 Å². The molecule has 6 nitrogen and oxygen atoms in total. The second kappa shape index (κ2) is 18.7. The summed E-state index contributed by atoms with van der Waals surface area (Å²) in [5, 5.41) is 0. The van der Waals surface area contributed by atoms with Gasteiger partial charge in [0.15, 0.2) is 0 Å². The van der Waals surface area contributed by atoms with E-state index in [2.05, 4.69) is 29.9 Å². The average molecular weight is 586 g/mol. The van der Waals surface area contributed by atoms with E-state index < -0.39 is 0 Å². The summed E-state index contributed by atoms with van der Waals surface area (Å²) in [7, 11) is 0. The van der Waals surface area contributed by atoms with Gasteiger partial charge < -0.3 is 0 Å². The van der Waals surface area contributed by atoms with Gasteiger partial charge >= 0.3 is 0 Å². The van der Waals surface area contributed by atoms with Crippen LogP contribution in [0.4, 0.5) is 0 Å². The number of aromatic nitrogens is 6. The Morgan fingerprint density at radius 3 is 0.816 bits per heavy atom. The molecule has 0 atom stereocenters. The van der Waals surface area contributed by atoms with Gasteiger partial charge in [0, 0.05) is 68.5 Å². The molecular formula is C31H28N6Ru. The summed E-state index contributed by atoms with van der Waals surface area (Å²) in [5.41, 5.74) is 4.73. The quantitative estimate of drug-likeness (QED) is 0.209. The Morgan fingerprint density at radius 1 is 0.342 bits per heavy atom. The number of aryl methyl sites for hydroxylation is 1. The molecule has 0 radical (unpaired) electrons. The molecule has 0 bridgehead atoms. The molecule has 0 saturated heterocycles. The van der Waals surface area contributed by atoms with Crippen LogP contribution >= 0.6 is 0 Å². The molecule has 6 aromatic heterocycles. The summed E-state index contributed by atoms with van der Waals surface area (Å²) in [6, 6.07) is 34.8. The molecule has 0 saturated carbocycles. The maximum absolute atomic E-state index is 4.19. The molecule has 6 rings (SSSR count). The maximum Gasteiger partial charge on any atom is 0.0886 e. The Labute approximate surface area is 236 Å². The normalized spacial score (nSPS) is 8.97. The molecule has 0 fully saturated rings. The van der Waals surface area contributed by atoms with Crippen LogP contribution in [0.25, 0.3) is 22.8 Å². The van der Waals surface area contributed by atoms with Crippen LogP contribution < -0.4 is 0 Å². The van der Waals surface area contributed by atoms with E-state index in [1.54, 1.807) is 43.4 Å². The summed E-state index contributed by atoms with van der Waals surface area (Å²) >= 11 is 0. The Hall–Kier alpha value is -4.48. The molecule has 0 aliphatic rings. The number of rotatable bonds is 2. The SMILES string of the molecule is Cc1ccccn1.[Ru].c1ccc(-c2ccccn2)nc1.c1ccc(-c2ccccn2)nc1.c1ccncc1. The van der Waals surface area contributed by atoms with Crippen molar-refractivity contribution in [3.63, 3.8) is 0 Å². The second-order valence-electron chi connectivity index (χ2n) is 7.36. The van der Waals surface area contributed by atoms with Crippen LogP contribution in [0.5, 0.6) is 0 Å². The summed E-state index contributed by atoms with van der Waals surface area (Å²) in [5.74, 6) is 0. The Morgan fingerprint density at radius 2 is 0.658 bits per heavy atom. The van der Waals surface area contributed by atoms with Crippen molar-refractivity contribution < 1.29 is 19.5 Å². The molecule has 7 heteroatoms. The first-order chi connectivity index (χ1) is 18.3. The molecule has 0 amide bonds. The molecule has 0 aliphatic heterocycles. The molecule has 0 aromatic carbocycles. The van der Waals surface area contributed by atoms with E-state index in [4.69, 9.17) is 0 Å². The van der Waals surface area contributed by atoms with Crippen molar-refractivity contribution in [2.45, 2.75) is 6.92 Å². The van der Waals surface area contributed by atoms with Gasteiger partial charge in [0.25, 0.3) is 0 Å². The summed E-state index contributed by atoms with van der Waals surface area (Å²) in [4.78, 5) is 24.5.